The number of nitrogens with one attached hydrogen (secondary N) is 1. The van der Waals surface area contributed by atoms with Crippen LogP contribution in [0.4, 0.5) is 5.69 Å². The van der Waals surface area contributed by atoms with Gasteiger partial charge in [0.05, 0.1) is 12.2 Å². The van der Waals surface area contributed by atoms with Crippen LogP contribution >= 0.6 is 0 Å². The van der Waals surface area contributed by atoms with Crippen LogP contribution in [-0.4, -0.2) is 25.1 Å². The molecule has 1 N–H and O–H groups in total. The third-order valence-electron chi connectivity index (χ3n) is 3.13. The molecule has 0 spiro atoms. The number of amides is 1. The van der Waals surface area contributed by atoms with Crippen molar-refractivity contribution < 1.29 is 19.1 Å². The van der Waals surface area contributed by atoms with Crippen LogP contribution in [0.2, 0.25) is 0 Å². The maximum atomic E-state index is 11.9. The molecule has 0 bridgehead atoms. The zero-order valence-corrected chi connectivity index (χ0v) is 13.2. The zero-order valence-electron chi connectivity index (χ0n) is 13.2. The molecule has 0 heterocycles. The van der Waals surface area contributed by atoms with E-state index < -0.39 is 5.97 Å². The van der Waals surface area contributed by atoms with Crippen molar-refractivity contribution in [2.45, 2.75) is 13.8 Å². The van der Waals surface area contributed by atoms with E-state index in [4.69, 9.17) is 9.47 Å². The standard InChI is InChI=1S/C18H19NO4/c1-3-22-18(21)14-8-6-9-15(11-14)23-12-17(20)19-16-10-5-4-7-13(16)2/h4-11H,3,12H2,1-2H3,(H,19,20). The summed E-state index contributed by atoms with van der Waals surface area (Å²) in [5.41, 5.74) is 2.12. The minimum absolute atomic E-state index is 0.138. The van der Waals surface area contributed by atoms with Gasteiger partial charge in [-0.15, -0.1) is 0 Å². The molecule has 2 aromatic rings. The van der Waals surface area contributed by atoms with Gasteiger partial charge in [-0.25, -0.2) is 4.79 Å². The Hall–Kier alpha value is -2.82. The minimum Gasteiger partial charge on any atom is -0.484 e. The van der Waals surface area contributed by atoms with Crippen LogP contribution in [0.5, 0.6) is 5.75 Å². The fourth-order valence-electron chi connectivity index (χ4n) is 1.98. The highest BCUT2D eigenvalue weighted by Gasteiger charge is 2.09. The van der Waals surface area contributed by atoms with Gasteiger partial charge in [0.25, 0.3) is 5.91 Å². The van der Waals surface area contributed by atoms with E-state index in [1.54, 1.807) is 31.2 Å². The third kappa shape index (κ3) is 4.85. The lowest BCUT2D eigenvalue weighted by Crippen LogP contribution is -2.20. The molecule has 0 saturated carbocycles. The fourth-order valence-corrected chi connectivity index (χ4v) is 1.98. The summed E-state index contributed by atoms with van der Waals surface area (Å²) in [6, 6.07) is 14.1. The predicted octanol–water partition coefficient (Wildman–Crippen LogP) is 3.19. The summed E-state index contributed by atoms with van der Waals surface area (Å²) in [6.07, 6.45) is 0. The first-order valence-corrected chi connectivity index (χ1v) is 7.35. The van der Waals surface area contributed by atoms with Gasteiger partial charge in [0.2, 0.25) is 0 Å². The molecule has 0 aromatic heterocycles. The van der Waals surface area contributed by atoms with Crippen LogP contribution in [0, 0.1) is 6.92 Å². The van der Waals surface area contributed by atoms with Crippen LogP contribution in [-0.2, 0) is 9.53 Å². The molecule has 0 fully saturated rings. The average molecular weight is 313 g/mol. The van der Waals surface area contributed by atoms with E-state index >= 15 is 0 Å². The predicted molar refractivity (Wildman–Crippen MR) is 87.7 cm³/mol. The van der Waals surface area contributed by atoms with E-state index in [0.717, 1.165) is 11.3 Å². The summed E-state index contributed by atoms with van der Waals surface area (Å²) in [7, 11) is 0. The molecule has 0 radical (unpaired) electrons. The van der Waals surface area contributed by atoms with Crippen molar-refractivity contribution in [2.75, 3.05) is 18.5 Å². The van der Waals surface area contributed by atoms with Crippen molar-refractivity contribution >= 4 is 17.6 Å². The van der Waals surface area contributed by atoms with E-state index in [2.05, 4.69) is 5.32 Å². The maximum absolute atomic E-state index is 11.9. The quantitative estimate of drug-likeness (QED) is 0.832. The molecule has 2 aromatic carbocycles. The number of hydrogen-bond acceptors (Lipinski definition) is 4. The molecule has 5 nitrogen and oxygen atoms in total. The smallest absolute Gasteiger partial charge is 0.338 e. The fraction of sp³-hybridized carbons (Fsp3) is 0.222. The molecule has 1 amide bonds. The number of para-hydroxylation sites is 1. The second-order valence-corrected chi connectivity index (χ2v) is 4.90. The Morgan fingerprint density at radius 3 is 2.61 bits per heavy atom. The maximum Gasteiger partial charge on any atom is 0.338 e. The van der Waals surface area contributed by atoms with Gasteiger partial charge < -0.3 is 14.8 Å². The first-order valence-electron chi connectivity index (χ1n) is 7.35. The van der Waals surface area contributed by atoms with Crippen molar-refractivity contribution in [3.63, 3.8) is 0 Å². The topological polar surface area (TPSA) is 64.6 Å². The Morgan fingerprint density at radius 1 is 1.09 bits per heavy atom. The second kappa shape index (κ2) is 7.98. The van der Waals surface area contributed by atoms with Crippen molar-refractivity contribution in [1.82, 2.24) is 0 Å². The van der Waals surface area contributed by atoms with Gasteiger partial charge in [0.1, 0.15) is 5.75 Å². The number of carbonyl (C=O) groups is 2. The molecule has 23 heavy (non-hydrogen) atoms. The Labute approximate surface area is 135 Å². The van der Waals surface area contributed by atoms with E-state index in [1.807, 2.05) is 31.2 Å². The normalized spacial score (nSPS) is 10.0. The first-order chi connectivity index (χ1) is 11.1. The summed E-state index contributed by atoms with van der Waals surface area (Å²) in [5, 5.41) is 2.78. The Kier molecular flexibility index (Phi) is 5.74. The minimum atomic E-state index is -0.415. The van der Waals surface area contributed by atoms with Crippen LogP contribution in [0.15, 0.2) is 48.5 Å². The molecule has 2 rings (SSSR count). The third-order valence-corrected chi connectivity index (χ3v) is 3.13. The highest BCUT2D eigenvalue weighted by Crippen LogP contribution is 2.15. The van der Waals surface area contributed by atoms with Gasteiger partial charge >= 0.3 is 5.97 Å². The van der Waals surface area contributed by atoms with Gasteiger partial charge in [-0.1, -0.05) is 24.3 Å². The van der Waals surface area contributed by atoms with Crippen molar-refractivity contribution in [3.8, 4) is 5.75 Å². The van der Waals surface area contributed by atoms with Crippen LogP contribution < -0.4 is 10.1 Å². The SMILES string of the molecule is CCOC(=O)c1cccc(OCC(=O)Nc2ccccc2C)c1. The lowest BCUT2D eigenvalue weighted by Gasteiger charge is -2.10. The molecular formula is C18H19NO4. The molecular weight excluding hydrogens is 294 g/mol. The molecule has 0 saturated heterocycles. The van der Waals surface area contributed by atoms with Crippen molar-refractivity contribution in [2.24, 2.45) is 0 Å². The number of benzene rings is 2. The monoisotopic (exact) mass is 313 g/mol. The van der Waals surface area contributed by atoms with Crippen molar-refractivity contribution in [3.05, 3.63) is 59.7 Å². The summed E-state index contributed by atoms with van der Waals surface area (Å²) in [4.78, 5) is 23.6. The van der Waals surface area contributed by atoms with Gasteiger partial charge in [-0.3, -0.25) is 4.79 Å². The summed E-state index contributed by atoms with van der Waals surface area (Å²) in [6.45, 7) is 3.83. The highest BCUT2D eigenvalue weighted by atomic mass is 16.5. The molecule has 120 valence electrons. The largest absolute Gasteiger partial charge is 0.484 e. The number of rotatable bonds is 6. The van der Waals surface area contributed by atoms with Crippen LogP contribution in [0.25, 0.3) is 0 Å². The van der Waals surface area contributed by atoms with Gasteiger partial charge in [-0.2, -0.15) is 0 Å². The Bertz CT molecular complexity index is 697. The van der Waals surface area contributed by atoms with E-state index in [-0.39, 0.29) is 12.5 Å². The van der Waals surface area contributed by atoms with E-state index in [1.165, 1.54) is 0 Å². The van der Waals surface area contributed by atoms with Crippen LogP contribution in [0.1, 0.15) is 22.8 Å². The van der Waals surface area contributed by atoms with E-state index in [0.29, 0.717) is 17.9 Å². The number of anilines is 1. The molecule has 0 atom stereocenters. The summed E-state index contributed by atoms with van der Waals surface area (Å²) < 4.78 is 10.4. The van der Waals surface area contributed by atoms with Crippen molar-refractivity contribution in [1.29, 1.82) is 0 Å². The van der Waals surface area contributed by atoms with Gasteiger partial charge in [0.15, 0.2) is 6.61 Å². The number of esters is 1. The first kappa shape index (κ1) is 16.5. The zero-order chi connectivity index (χ0) is 16.7. The average Bonchev–Trinajstić information content (AvgIpc) is 2.56. The van der Waals surface area contributed by atoms with Gasteiger partial charge in [0, 0.05) is 5.69 Å². The second-order valence-electron chi connectivity index (χ2n) is 4.90. The van der Waals surface area contributed by atoms with E-state index in [9.17, 15) is 9.59 Å². The molecule has 0 aliphatic carbocycles. The summed E-state index contributed by atoms with van der Waals surface area (Å²) in [5.74, 6) is -0.237. The van der Waals surface area contributed by atoms with Gasteiger partial charge in [-0.05, 0) is 43.7 Å². The number of hydrogen-bond donors (Lipinski definition) is 1. The molecule has 0 aliphatic rings. The molecule has 5 heteroatoms. The Morgan fingerprint density at radius 2 is 1.87 bits per heavy atom. The summed E-state index contributed by atoms with van der Waals surface area (Å²) >= 11 is 0. The molecule has 0 aliphatic heterocycles. The lowest BCUT2D eigenvalue weighted by atomic mass is 10.2. The van der Waals surface area contributed by atoms with Crippen LogP contribution in [0.3, 0.4) is 0 Å². The number of carbonyl (C=O) groups excluding carboxylic acids is 2. The Balaban J connectivity index is 1.93. The number of ether oxygens (including phenoxy) is 2. The molecule has 0 unspecified atom stereocenters. The highest BCUT2D eigenvalue weighted by molar-refractivity contribution is 5.92. The lowest BCUT2D eigenvalue weighted by molar-refractivity contribution is -0.118. The number of aryl methyl sites for hydroxylation is 1.